The lowest BCUT2D eigenvalue weighted by molar-refractivity contribution is -0.0720. The number of hydrogen-bond donors (Lipinski definition) is 2. The number of ether oxygens (including phenoxy) is 1. The average molecular weight is 329 g/mol. The molecule has 1 aliphatic heterocycles. The normalized spacial score (nSPS) is 24.5. The zero-order valence-corrected chi connectivity index (χ0v) is 14.4. The van der Waals surface area contributed by atoms with E-state index in [1.165, 1.54) is 32.1 Å². The van der Waals surface area contributed by atoms with Gasteiger partial charge in [0.1, 0.15) is 0 Å². The SMILES string of the molecule is C#CCN(C)C[C@@H]1OC(C2CCCCC2)Cc2c1ccc(O)c2O. The number of terminal acetylenes is 1. The second-order valence-electron chi connectivity index (χ2n) is 7.17. The molecule has 1 aromatic carbocycles. The standard InChI is InChI=1S/C20H27NO3/c1-3-11-21(2)13-19-15-9-10-17(22)20(23)16(15)12-18(24-19)14-7-5-4-6-8-14/h1,9-10,14,18-19,22-23H,4-8,11-13H2,2H3/t18?,19-/m0/s1. The van der Waals surface area contributed by atoms with E-state index in [0.717, 1.165) is 11.1 Å². The van der Waals surface area contributed by atoms with Gasteiger partial charge in [-0.25, -0.2) is 0 Å². The van der Waals surface area contributed by atoms with E-state index in [1.54, 1.807) is 6.07 Å². The molecule has 1 aromatic rings. The average Bonchev–Trinajstić information content (AvgIpc) is 2.59. The van der Waals surface area contributed by atoms with E-state index in [9.17, 15) is 10.2 Å². The molecule has 0 aromatic heterocycles. The lowest BCUT2D eigenvalue weighted by Crippen LogP contribution is -2.38. The summed E-state index contributed by atoms with van der Waals surface area (Å²) in [7, 11) is 1.98. The van der Waals surface area contributed by atoms with Crippen molar-refractivity contribution in [2.45, 2.75) is 50.7 Å². The maximum atomic E-state index is 10.4. The van der Waals surface area contributed by atoms with Crippen LogP contribution in [0.4, 0.5) is 0 Å². The fraction of sp³-hybridized carbons (Fsp3) is 0.600. The zero-order chi connectivity index (χ0) is 17.1. The molecule has 0 amide bonds. The first kappa shape index (κ1) is 17.1. The van der Waals surface area contributed by atoms with Crippen molar-refractivity contribution in [2.24, 2.45) is 5.92 Å². The van der Waals surface area contributed by atoms with E-state index in [2.05, 4.69) is 10.8 Å². The Kier molecular flexibility index (Phi) is 5.33. The van der Waals surface area contributed by atoms with Crippen molar-refractivity contribution < 1.29 is 14.9 Å². The Hall–Kier alpha value is -1.70. The molecule has 4 nitrogen and oxygen atoms in total. The van der Waals surface area contributed by atoms with Gasteiger partial charge in [0, 0.05) is 18.5 Å². The summed E-state index contributed by atoms with van der Waals surface area (Å²) in [6, 6.07) is 3.42. The van der Waals surface area contributed by atoms with Crippen molar-refractivity contribution in [3.8, 4) is 23.8 Å². The maximum Gasteiger partial charge on any atom is 0.161 e. The number of likely N-dealkylation sites (N-methyl/N-ethyl adjacent to an activating group) is 1. The van der Waals surface area contributed by atoms with Gasteiger partial charge < -0.3 is 14.9 Å². The molecule has 0 spiro atoms. The van der Waals surface area contributed by atoms with Crippen molar-refractivity contribution in [1.29, 1.82) is 0 Å². The monoisotopic (exact) mass is 329 g/mol. The van der Waals surface area contributed by atoms with E-state index >= 15 is 0 Å². The van der Waals surface area contributed by atoms with Crippen LogP contribution >= 0.6 is 0 Å². The van der Waals surface area contributed by atoms with Gasteiger partial charge in [-0.15, -0.1) is 6.42 Å². The Morgan fingerprint density at radius 2 is 2.00 bits per heavy atom. The third-order valence-electron chi connectivity index (χ3n) is 5.40. The minimum Gasteiger partial charge on any atom is -0.504 e. The molecule has 1 aliphatic carbocycles. The highest BCUT2D eigenvalue weighted by molar-refractivity contribution is 5.51. The van der Waals surface area contributed by atoms with Crippen LogP contribution in [-0.2, 0) is 11.2 Å². The molecular formula is C20H27NO3. The van der Waals surface area contributed by atoms with Crippen LogP contribution in [0.25, 0.3) is 0 Å². The molecule has 1 fully saturated rings. The smallest absolute Gasteiger partial charge is 0.161 e. The van der Waals surface area contributed by atoms with Crippen molar-refractivity contribution >= 4 is 0 Å². The molecule has 1 unspecified atom stereocenters. The molecule has 24 heavy (non-hydrogen) atoms. The van der Waals surface area contributed by atoms with Crippen LogP contribution in [0, 0.1) is 18.3 Å². The zero-order valence-electron chi connectivity index (χ0n) is 14.4. The van der Waals surface area contributed by atoms with Crippen LogP contribution in [0.2, 0.25) is 0 Å². The molecule has 4 heteroatoms. The van der Waals surface area contributed by atoms with Crippen LogP contribution in [0.3, 0.4) is 0 Å². The predicted molar refractivity (Wildman–Crippen MR) is 94.0 cm³/mol. The van der Waals surface area contributed by atoms with Gasteiger partial charge >= 0.3 is 0 Å². The first-order valence-electron chi connectivity index (χ1n) is 8.91. The number of fused-ring (bicyclic) bond motifs is 1. The van der Waals surface area contributed by atoms with Gasteiger partial charge in [-0.3, -0.25) is 4.90 Å². The first-order chi connectivity index (χ1) is 11.6. The molecule has 3 rings (SSSR count). The Balaban J connectivity index is 1.87. The molecule has 130 valence electrons. The summed E-state index contributed by atoms with van der Waals surface area (Å²) in [6.45, 7) is 1.25. The second kappa shape index (κ2) is 7.46. The van der Waals surface area contributed by atoms with Gasteiger partial charge in [-0.2, -0.15) is 0 Å². The lowest BCUT2D eigenvalue weighted by Gasteiger charge is -2.39. The highest BCUT2D eigenvalue weighted by Gasteiger charge is 2.35. The second-order valence-corrected chi connectivity index (χ2v) is 7.17. The fourth-order valence-corrected chi connectivity index (χ4v) is 4.12. The lowest BCUT2D eigenvalue weighted by atomic mass is 9.80. The topological polar surface area (TPSA) is 52.9 Å². The summed E-state index contributed by atoms with van der Waals surface area (Å²) < 4.78 is 6.46. The molecule has 1 saturated carbocycles. The van der Waals surface area contributed by atoms with Crippen molar-refractivity contribution in [3.63, 3.8) is 0 Å². The molecule has 2 aliphatic rings. The molecule has 1 heterocycles. The number of hydrogen-bond acceptors (Lipinski definition) is 4. The third-order valence-corrected chi connectivity index (χ3v) is 5.40. The van der Waals surface area contributed by atoms with Gasteiger partial charge in [0.05, 0.1) is 18.8 Å². The van der Waals surface area contributed by atoms with Crippen LogP contribution in [-0.4, -0.2) is 41.4 Å². The first-order valence-corrected chi connectivity index (χ1v) is 8.91. The molecule has 0 bridgehead atoms. The van der Waals surface area contributed by atoms with Crippen LogP contribution in [0.15, 0.2) is 12.1 Å². The van der Waals surface area contributed by atoms with E-state index < -0.39 is 0 Å². The van der Waals surface area contributed by atoms with Gasteiger partial charge in [0.25, 0.3) is 0 Å². The summed E-state index contributed by atoms with van der Waals surface area (Å²) in [4.78, 5) is 2.06. The third kappa shape index (κ3) is 3.53. The van der Waals surface area contributed by atoms with E-state index in [0.29, 0.717) is 25.4 Å². The van der Waals surface area contributed by atoms with Crippen molar-refractivity contribution in [2.75, 3.05) is 20.1 Å². The summed E-state index contributed by atoms with van der Waals surface area (Å²) >= 11 is 0. The minimum absolute atomic E-state index is 0.0150. The Labute approximate surface area is 144 Å². The van der Waals surface area contributed by atoms with E-state index in [1.807, 2.05) is 13.1 Å². The predicted octanol–water partition coefficient (Wildman–Crippen LogP) is 3.23. The van der Waals surface area contributed by atoms with E-state index in [-0.39, 0.29) is 23.7 Å². The highest BCUT2D eigenvalue weighted by atomic mass is 16.5. The summed E-state index contributed by atoms with van der Waals surface area (Å²) in [5, 5.41) is 20.3. The fourth-order valence-electron chi connectivity index (χ4n) is 4.12. The summed E-state index contributed by atoms with van der Waals surface area (Å²) in [6.07, 6.45) is 12.3. The van der Waals surface area contributed by atoms with E-state index in [4.69, 9.17) is 11.2 Å². The summed E-state index contributed by atoms with van der Waals surface area (Å²) in [5.41, 5.74) is 1.82. The van der Waals surface area contributed by atoms with Crippen LogP contribution in [0.5, 0.6) is 11.5 Å². The maximum absolute atomic E-state index is 10.4. The van der Waals surface area contributed by atoms with Gasteiger partial charge in [0.15, 0.2) is 11.5 Å². The number of aromatic hydroxyl groups is 2. The Morgan fingerprint density at radius 3 is 2.71 bits per heavy atom. The molecule has 2 N–H and O–H groups in total. The number of benzene rings is 1. The number of phenols is 2. The molecular weight excluding hydrogens is 302 g/mol. The largest absolute Gasteiger partial charge is 0.504 e. The molecule has 0 saturated heterocycles. The Bertz CT molecular complexity index is 616. The van der Waals surface area contributed by atoms with Gasteiger partial charge in [-0.05, 0) is 37.4 Å². The minimum atomic E-state index is -0.120. The summed E-state index contributed by atoms with van der Waals surface area (Å²) in [5.74, 6) is 3.16. The van der Waals surface area contributed by atoms with Crippen molar-refractivity contribution in [1.82, 2.24) is 4.90 Å². The Morgan fingerprint density at radius 1 is 1.25 bits per heavy atom. The number of rotatable bonds is 4. The highest BCUT2D eigenvalue weighted by Crippen LogP contribution is 2.43. The van der Waals surface area contributed by atoms with Crippen molar-refractivity contribution in [3.05, 3.63) is 23.3 Å². The molecule has 0 radical (unpaired) electrons. The van der Waals surface area contributed by atoms with Gasteiger partial charge in [-0.1, -0.05) is 31.2 Å². The molecule has 2 atom stereocenters. The quantitative estimate of drug-likeness (QED) is 0.658. The van der Waals surface area contributed by atoms with Gasteiger partial charge in [0.2, 0.25) is 0 Å². The van der Waals surface area contributed by atoms with Crippen LogP contribution < -0.4 is 0 Å². The van der Waals surface area contributed by atoms with Crippen LogP contribution in [0.1, 0.15) is 49.3 Å². The number of phenolic OH excluding ortho intramolecular Hbond substituents is 2. The number of nitrogens with zero attached hydrogens (tertiary/aromatic N) is 1.